The van der Waals surface area contributed by atoms with E-state index in [1.807, 2.05) is 7.05 Å². The Bertz CT molecular complexity index is 373. The molecule has 1 N–H and O–H groups in total. The molecule has 2 heteroatoms. The van der Waals surface area contributed by atoms with Gasteiger partial charge >= 0.3 is 0 Å². The zero-order valence-electron chi connectivity index (χ0n) is 11.1. The fraction of sp³-hybridized carbons (Fsp3) is 0.600. The van der Waals surface area contributed by atoms with Gasteiger partial charge in [0.1, 0.15) is 5.75 Å². The van der Waals surface area contributed by atoms with Crippen molar-refractivity contribution in [1.29, 1.82) is 0 Å². The molecule has 94 valence electrons. The monoisotopic (exact) mass is 233 g/mol. The lowest BCUT2D eigenvalue weighted by Gasteiger charge is -2.12. The van der Waals surface area contributed by atoms with E-state index in [2.05, 4.69) is 37.4 Å². The predicted molar refractivity (Wildman–Crippen MR) is 71.5 cm³/mol. The third-order valence-electron chi connectivity index (χ3n) is 3.50. The molecule has 0 amide bonds. The number of fused-ring (bicyclic) bond motifs is 1. The Kier molecular flexibility index (Phi) is 4.06. The van der Waals surface area contributed by atoms with E-state index in [-0.39, 0.29) is 0 Å². The van der Waals surface area contributed by atoms with Crippen molar-refractivity contribution in [1.82, 2.24) is 5.32 Å². The van der Waals surface area contributed by atoms with Crippen LogP contribution < -0.4 is 10.1 Å². The number of hydrogen-bond donors (Lipinski definition) is 1. The Hall–Kier alpha value is -1.02. The topological polar surface area (TPSA) is 21.3 Å². The van der Waals surface area contributed by atoms with Gasteiger partial charge in [-0.15, -0.1) is 0 Å². The molecule has 0 radical (unpaired) electrons. The van der Waals surface area contributed by atoms with Crippen LogP contribution in [0.3, 0.4) is 0 Å². The maximum Gasteiger partial charge on any atom is 0.119 e. The molecule has 1 aliphatic rings. The summed E-state index contributed by atoms with van der Waals surface area (Å²) in [5.74, 6) is 1.74. The first kappa shape index (κ1) is 12.4. The highest BCUT2D eigenvalue weighted by atomic mass is 16.5. The Balaban J connectivity index is 1.98. The summed E-state index contributed by atoms with van der Waals surface area (Å²) in [5.41, 5.74) is 2.90. The maximum atomic E-state index is 5.79. The van der Waals surface area contributed by atoms with Gasteiger partial charge in [-0.05, 0) is 55.5 Å². The summed E-state index contributed by atoms with van der Waals surface area (Å²) in [7, 11) is 2.03. The standard InChI is InChI=1S/C15H23NO/c1-11(2)8-9-17-13-5-6-14-12(10-13)4-7-15(14)16-3/h5-6,10-11,15-16H,4,7-9H2,1-3H3. The van der Waals surface area contributed by atoms with Crippen molar-refractivity contribution in [3.8, 4) is 5.75 Å². The molecule has 0 fully saturated rings. The highest BCUT2D eigenvalue weighted by Crippen LogP contribution is 2.33. The molecule has 2 nitrogen and oxygen atoms in total. The second-order valence-electron chi connectivity index (χ2n) is 5.27. The summed E-state index contributed by atoms with van der Waals surface area (Å²) in [6, 6.07) is 7.07. The number of benzene rings is 1. The van der Waals surface area contributed by atoms with Crippen molar-refractivity contribution in [2.24, 2.45) is 5.92 Å². The Morgan fingerprint density at radius 3 is 2.94 bits per heavy atom. The van der Waals surface area contributed by atoms with Crippen molar-refractivity contribution < 1.29 is 4.74 Å². The summed E-state index contributed by atoms with van der Waals surface area (Å²) in [6.07, 6.45) is 3.50. The minimum Gasteiger partial charge on any atom is -0.494 e. The van der Waals surface area contributed by atoms with Gasteiger partial charge in [0, 0.05) is 6.04 Å². The number of aryl methyl sites for hydroxylation is 1. The predicted octanol–water partition coefficient (Wildman–Crippen LogP) is 3.32. The highest BCUT2D eigenvalue weighted by Gasteiger charge is 2.20. The summed E-state index contributed by atoms with van der Waals surface area (Å²) in [5, 5.41) is 3.36. The molecule has 1 atom stereocenters. The molecule has 0 saturated carbocycles. The molecule has 1 aromatic carbocycles. The van der Waals surface area contributed by atoms with Crippen LogP contribution >= 0.6 is 0 Å². The molecular formula is C15H23NO. The molecule has 0 heterocycles. The Morgan fingerprint density at radius 2 is 2.24 bits per heavy atom. The molecule has 0 spiro atoms. The van der Waals surface area contributed by atoms with Gasteiger partial charge in [-0.2, -0.15) is 0 Å². The van der Waals surface area contributed by atoms with Gasteiger partial charge in [-0.1, -0.05) is 19.9 Å². The number of hydrogen-bond acceptors (Lipinski definition) is 2. The SMILES string of the molecule is CNC1CCc2cc(OCCC(C)C)ccc21. The van der Waals surface area contributed by atoms with Crippen LogP contribution in [0.1, 0.15) is 43.9 Å². The zero-order valence-corrected chi connectivity index (χ0v) is 11.1. The first-order chi connectivity index (χ1) is 8.20. The van der Waals surface area contributed by atoms with Crippen LogP contribution in [0, 0.1) is 5.92 Å². The zero-order chi connectivity index (χ0) is 12.3. The second kappa shape index (κ2) is 5.54. The van der Waals surface area contributed by atoms with Crippen LogP contribution in [0.5, 0.6) is 5.75 Å². The summed E-state index contributed by atoms with van der Waals surface area (Å²) in [6.45, 7) is 5.28. The lowest BCUT2D eigenvalue weighted by atomic mass is 10.1. The Morgan fingerprint density at radius 1 is 1.41 bits per heavy atom. The van der Waals surface area contributed by atoms with E-state index in [0.29, 0.717) is 12.0 Å². The van der Waals surface area contributed by atoms with Gasteiger partial charge in [0.15, 0.2) is 0 Å². The van der Waals surface area contributed by atoms with Crippen LogP contribution in [-0.4, -0.2) is 13.7 Å². The summed E-state index contributed by atoms with van der Waals surface area (Å²) in [4.78, 5) is 0. The number of nitrogens with one attached hydrogen (secondary N) is 1. The van der Waals surface area contributed by atoms with Crippen molar-refractivity contribution in [3.05, 3.63) is 29.3 Å². The smallest absolute Gasteiger partial charge is 0.119 e. The number of rotatable bonds is 5. The third kappa shape index (κ3) is 3.01. The van der Waals surface area contributed by atoms with Crippen molar-refractivity contribution in [3.63, 3.8) is 0 Å². The average molecular weight is 233 g/mol. The largest absolute Gasteiger partial charge is 0.494 e. The van der Waals surface area contributed by atoms with Crippen LogP contribution in [0.15, 0.2) is 18.2 Å². The third-order valence-corrected chi connectivity index (χ3v) is 3.50. The van der Waals surface area contributed by atoms with Crippen LogP contribution in [-0.2, 0) is 6.42 Å². The van der Waals surface area contributed by atoms with Gasteiger partial charge in [0.05, 0.1) is 6.61 Å². The van der Waals surface area contributed by atoms with Crippen LogP contribution in [0.25, 0.3) is 0 Å². The molecule has 0 bridgehead atoms. The molecule has 17 heavy (non-hydrogen) atoms. The first-order valence-corrected chi connectivity index (χ1v) is 6.63. The van der Waals surface area contributed by atoms with Crippen molar-refractivity contribution >= 4 is 0 Å². The van der Waals surface area contributed by atoms with E-state index >= 15 is 0 Å². The Labute approximate surface area is 104 Å². The van der Waals surface area contributed by atoms with E-state index in [1.165, 1.54) is 24.0 Å². The first-order valence-electron chi connectivity index (χ1n) is 6.63. The van der Waals surface area contributed by atoms with Crippen LogP contribution in [0.4, 0.5) is 0 Å². The normalized spacial score (nSPS) is 18.5. The quantitative estimate of drug-likeness (QED) is 0.842. The summed E-state index contributed by atoms with van der Waals surface area (Å²) >= 11 is 0. The summed E-state index contributed by atoms with van der Waals surface area (Å²) < 4.78 is 5.79. The maximum absolute atomic E-state index is 5.79. The molecule has 0 saturated heterocycles. The van der Waals surface area contributed by atoms with E-state index in [9.17, 15) is 0 Å². The van der Waals surface area contributed by atoms with E-state index in [0.717, 1.165) is 18.8 Å². The molecule has 0 aliphatic heterocycles. The fourth-order valence-corrected chi connectivity index (χ4v) is 2.40. The van der Waals surface area contributed by atoms with E-state index in [4.69, 9.17) is 4.74 Å². The molecule has 1 unspecified atom stereocenters. The number of ether oxygens (including phenoxy) is 1. The minimum absolute atomic E-state index is 0.537. The molecule has 1 aromatic rings. The molecule has 1 aliphatic carbocycles. The minimum atomic E-state index is 0.537. The van der Waals surface area contributed by atoms with Crippen molar-refractivity contribution in [2.75, 3.05) is 13.7 Å². The van der Waals surface area contributed by atoms with Gasteiger partial charge in [0.2, 0.25) is 0 Å². The lowest BCUT2D eigenvalue weighted by molar-refractivity contribution is 0.289. The van der Waals surface area contributed by atoms with Gasteiger partial charge < -0.3 is 10.1 Å². The van der Waals surface area contributed by atoms with E-state index in [1.54, 1.807) is 0 Å². The molecule has 0 aromatic heterocycles. The van der Waals surface area contributed by atoms with Crippen LogP contribution in [0.2, 0.25) is 0 Å². The van der Waals surface area contributed by atoms with Gasteiger partial charge in [-0.25, -0.2) is 0 Å². The molecular weight excluding hydrogens is 210 g/mol. The highest BCUT2D eigenvalue weighted by molar-refractivity contribution is 5.40. The van der Waals surface area contributed by atoms with E-state index < -0.39 is 0 Å². The van der Waals surface area contributed by atoms with Gasteiger partial charge in [0.25, 0.3) is 0 Å². The fourth-order valence-electron chi connectivity index (χ4n) is 2.40. The second-order valence-corrected chi connectivity index (χ2v) is 5.27. The average Bonchev–Trinajstić information content (AvgIpc) is 2.70. The molecule has 2 rings (SSSR count). The van der Waals surface area contributed by atoms with Gasteiger partial charge in [-0.3, -0.25) is 0 Å². The lowest BCUT2D eigenvalue weighted by Crippen LogP contribution is -2.12. The van der Waals surface area contributed by atoms with Crippen molar-refractivity contribution in [2.45, 2.75) is 39.2 Å².